The fraction of sp³-hybridized carbons (Fsp3) is 0.574. The first-order valence-electron chi connectivity index (χ1n) is 21.9. The molecule has 2 aliphatic carbocycles. The van der Waals surface area contributed by atoms with E-state index in [1.807, 2.05) is 24.3 Å². The molecule has 14 nitrogen and oxygen atoms in total. The zero-order valence-electron chi connectivity index (χ0n) is 35.2. The Morgan fingerprint density at radius 2 is 1.95 bits per heavy atom. The average molecular weight is 843 g/mol. The summed E-state index contributed by atoms with van der Waals surface area (Å²) in [5.74, 6) is -2.10. The number of esters is 1. The van der Waals surface area contributed by atoms with Gasteiger partial charge in [-0.15, -0.1) is 0 Å². The standard InChI is InChI=1S/C47H58N2O12/c1-3-58-46(55)45-34(25-52)39(30-20-31(24-51)41(54)32(21-30)27-8-9-37-28(19-27)10-13-48-37)40-43(59-18-6-16-50)33-22-38(60-42(33)35(26-53)44(40)61-45)47(56)12-4-7-29-23-49(14-5-17-57-2)15-11-36(29)47/h8-10,19,25,29,31-32,36,38,50-51,53,56H,3-7,11-18,20-24,26H2,1-2H3. The summed E-state index contributed by atoms with van der Waals surface area (Å²) < 4.78 is 30.5. The molecule has 1 saturated heterocycles. The predicted molar refractivity (Wildman–Crippen MR) is 222 cm³/mol. The van der Waals surface area contributed by atoms with Crippen LogP contribution in [0.5, 0.6) is 17.2 Å². The van der Waals surface area contributed by atoms with Crippen molar-refractivity contribution < 1.29 is 58.5 Å². The van der Waals surface area contributed by atoms with E-state index in [1.54, 1.807) is 14.0 Å². The lowest BCUT2D eigenvalue weighted by atomic mass is 9.63. The fourth-order valence-electron chi connectivity index (χ4n) is 10.9. The van der Waals surface area contributed by atoms with Gasteiger partial charge in [0.15, 0.2) is 6.29 Å². The predicted octanol–water partition coefficient (Wildman–Crippen LogP) is 2.46. The molecular weight excluding hydrogens is 785 g/mol. The molecule has 2 aromatic carbocycles. The van der Waals surface area contributed by atoms with Crippen LogP contribution in [-0.4, -0.2) is 121 Å². The van der Waals surface area contributed by atoms with Crippen LogP contribution in [0.3, 0.4) is 0 Å². The minimum absolute atomic E-state index is 0.00952. The van der Waals surface area contributed by atoms with Crippen molar-refractivity contribution in [3.8, 4) is 17.2 Å². The number of methoxy groups -OCH3 is 1. The van der Waals surface area contributed by atoms with Crippen LogP contribution in [0.4, 0.5) is 0 Å². The summed E-state index contributed by atoms with van der Waals surface area (Å²) in [6.45, 7) is 4.40. The number of aldehydes is 1. The van der Waals surface area contributed by atoms with Gasteiger partial charge in [-0.1, -0.05) is 24.1 Å². The number of aliphatic hydroxyl groups excluding tert-OH is 3. The van der Waals surface area contributed by atoms with E-state index in [1.165, 1.54) is 0 Å². The molecule has 61 heavy (non-hydrogen) atoms. The topological polar surface area (TPSA) is 194 Å². The molecule has 6 unspecified atom stereocenters. The molecule has 0 spiro atoms. The first kappa shape index (κ1) is 43.2. The number of hydrogen-bond acceptors (Lipinski definition) is 14. The second-order valence-corrected chi connectivity index (χ2v) is 17.2. The lowest BCUT2D eigenvalue weighted by Crippen LogP contribution is -2.59. The van der Waals surface area contributed by atoms with E-state index in [-0.39, 0.29) is 97.3 Å². The molecule has 0 bridgehead atoms. The monoisotopic (exact) mass is 842 g/mol. The molecule has 14 heteroatoms. The molecule has 3 fully saturated rings. The number of benzene rings is 2. The van der Waals surface area contributed by atoms with Crippen molar-refractivity contribution >= 4 is 29.7 Å². The molecule has 6 aliphatic rings. The van der Waals surface area contributed by atoms with Gasteiger partial charge in [0.05, 0.1) is 55.0 Å². The average Bonchev–Trinajstić information content (AvgIpc) is 3.94. The summed E-state index contributed by atoms with van der Waals surface area (Å²) >= 11 is 0. The third kappa shape index (κ3) is 7.95. The molecule has 0 aromatic heterocycles. The summed E-state index contributed by atoms with van der Waals surface area (Å²) in [4.78, 5) is 48.2. The highest BCUT2D eigenvalue weighted by molar-refractivity contribution is 6.11. The number of ether oxygens (including phenoxy) is 5. The molecule has 4 heterocycles. The van der Waals surface area contributed by atoms with Crippen LogP contribution in [0.15, 0.2) is 40.1 Å². The Morgan fingerprint density at radius 1 is 1.10 bits per heavy atom. The van der Waals surface area contributed by atoms with Gasteiger partial charge in [-0.05, 0) is 86.7 Å². The summed E-state index contributed by atoms with van der Waals surface area (Å²) in [6, 6.07) is 5.69. The van der Waals surface area contributed by atoms with Gasteiger partial charge in [0.2, 0.25) is 5.76 Å². The van der Waals surface area contributed by atoms with Crippen LogP contribution in [0.25, 0.3) is 11.6 Å². The highest BCUT2D eigenvalue weighted by Crippen LogP contribution is 2.58. The van der Waals surface area contributed by atoms with Crippen molar-refractivity contribution in [1.29, 1.82) is 0 Å². The van der Waals surface area contributed by atoms with E-state index in [0.29, 0.717) is 48.1 Å². The van der Waals surface area contributed by atoms with Gasteiger partial charge in [0, 0.05) is 69.2 Å². The fourth-order valence-corrected chi connectivity index (χ4v) is 10.9. The minimum atomic E-state index is -1.20. The Balaban J connectivity index is 1.27. The molecule has 2 saturated carbocycles. The van der Waals surface area contributed by atoms with Gasteiger partial charge < -0.3 is 49.0 Å². The van der Waals surface area contributed by atoms with E-state index >= 15 is 0 Å². The van der Waals surface area contributed by atoms with E-state index in [0.717, 1.165) is 61.5 Å². The third-order valence-corrected chi connectivity index (χ3v) is 13.7. The molecule has 6 atom stereocenters. The molecule has 0 radical (unpaired) electrons. The van der Waals surface area contributed by atoms with Crippen LogP contribution in [0, 0.1) is 17.8 Å². The van der Waals surface area contributed by atoms with Crippen molar-refractivity contribution in [2.24, 2.45) is 22.7 Å². The summed E-state index contributed by atoms with van der Waals surface area (Å²) in [5.41, 5.74) is 1.44. The van der Waals surface area contributed by atoms with Crippen LogP contribution < -0.4 is 24.8 Å². The van der Waals surface area contributed by atoms with Crippen molar-refractivity contribution in [3.63, 3.8) is 0 Å². The zero-order chi connectivity index (χ0) is 42.8. The quantitative estimate of drug-likeness (QED) is 0.116. The van der Waals surface area contributed by atoms with E-state index in [2.05, 4.69) is 9.89 Å². The second kappa shape index (κ2) is 18.5. The van der Waals surface area contributed by atoms with Gasteiger partial charge in [0.1, 0.15) is 34.7 Å². The minimum Gasteiger partial charge on any atom is -0.492 e. The molecule has 0 amide bonds. The van der Waals surface area contributed by atoms with Gasteiger partial charge in [-0.25, -0.2) is 4.79 Å². The number of Topliss-reactive ketones (excluding diaryl/α,β-unsaturated/α-hetero) is 1. The number of carbonyl (C=O) groups is 3. The number of hydrogen-bond donors (Lipinski definition) is 4. The summed E-state index contributed by atoms with van der Waals surface area (Å²) in [7, 11) is 1.71. The van der Waals surface area contributed by atoms with Crippen LogP contribution >= 0.6 is 0 Å². The first-order chi connectivity index (χ1) is 29.7. The zero-order valence-corrected chi connectivity index (χ0v) is 35.2. The smallest absolute Gasteiger partial charge is 0.375 e. The van der Waals surface area contributed by atoms with Crippen LogP contribution in [0.2, 0.25) is 0 Å². The number of aliphatic hydroxyl groups is 4. The Bertz CT molecular complexity index is 2230. The molecule has 4 N–H and O–H groups in total. The number of piperidine rings is 1. The van der Waals surface area contributed by atoms with E-state index < -0.39 is 42.7 Å². The summed E-state index contributed by atoms with van der Waals surface area (Å²) in [5, 5.41) is 46.4. The number of nitrogens with zero attached hydrogens (tertiary/aromatic N) is 2. The maximum atomic E-state index is 14.1. The van der Waals surface area contributed by atoms with Crippen molar-refractivity contribution in [1.82, 2.24) is 4.90 Å². The van der Waals surface area contributed by atoms with Crippen LogP contribution in [0.1, 0.15) is 86.5 Å². The Hall–Kier alpha value is -4.44. The third-order valence-electron chi connectivity index (χ3n) is 13.7. The second-order valence-electron chi connectivity index (χ2n) is 17.2. The molecular formula is C47H58N2O12. The SMILES string of the molecule is CCOC(=O)C1=C(C=O)C(=C2CC(CO)C(=O)C(c3ccc4c(c3)=CCN=4)C2)c2c(OCCCO)c3c(c(CO)c2O1)OC(C1(O)CCCC2CN(CCCOC)CCC21)C3. The van der Waals surface area contributed by atoms with E-state index in [9.17, 15) is 34.8 Å². The number of fused-ring (bicyclic) bond motifs is 4. The van der Waals surface area contributed by atoms with Crippen molar-refractivity contribution in [3.05, 3.63) is 67.9 Å². The highest BCUT2D eigenvalue weighted by Gasteiger charge is 2.55. The highest BCUT2D eigenvalue weighted by atomic mass is 16.6. The Kier molecular flexibility index (Phi) is 13.1. The normalized spacial score (nSPS) is 28.1. The number of allylic oxidation sites excluding steroid dienone is 3. The van der Waals surface area contributed by atoms with Gasteiger partial charge in [-0.3, -0.25) is 14.6 Å². The molecule has 4 aliphatic heterocycles. The van der Waals surface area contributed by atoms with E-state index in [4.69, 9.17) is 23.7 Å². The Morgan fingerprint density at radius 3 is 2.70 bits per heavy atom. The Labute approximate surface area is 355 Å². The van der Waals surface area contributed by atoms with Crippen molar-refractivity contribution in [2.75, 3.05) is 66.3 Å². The maximum Gasteiger partial charge on any atom is 0.375 e. The van der Waals surface area contributed by atoms with Gasteiger partial charge in [0.25, 0.3) is 0 Å². The number of rotatable bonds is 15. The number of ketones is 1. The number of carbonyl (C=O) groups excluding carboxylic acids is 3. The first-order valence-corrected chi connectivity index (χ1v) is 21.9. The molecule has 8 rings (SSSR count). The lowest BCUT2D eigenvalue weighted by molar-refractivity contribution is -0.151. The largest absolute Gasteiger partial charge is 0.492 e. The maximum absolute atomic E-state index is 14.1. The molecule has 2 aromatic rings. The van der Waals surface area contributed by atoms with Crippen molar-refractivity contribution in [2.45, 2.75) is 88.9 Å². The lowest BCUT2D eigenvalue weighted by Gasteiger charge is -2.51. The number of likely N-dealkylation sites (tertiary alicyclic amines) is 1. The molecule has 328 valence electrons. The summed E-state index contributed by atoms with van der Waals surface area (Å²) in [6.07, 6.45) is 6.64. The van der Waals surface area contributed by atoms with Gasteiger partial charge >= 0.3 is 5.97 Å². The van der Waals surface area contributed by atoms with Crippen LogP contribution in [-0.2, 0) is 36.9 Å². The van der Waals surface area contributed by atoms with Gasteiger partial charge in [-0.2, -0.15) is 0 Å².